The van der Waals surface area contributed by atoms with Crippen molar-refractivity contribution in [2.75, 3.05) is 26.2 Å². The molecule has 4 rings (SSSR count). The van der Waals surface area contributed by atoms with Gasteiger partial charge in [0.2, 0.25) is 10.0 Å². The Bertz CT molecular complexity index is 1260. The lowest BCUT2D eigenvalue weighted by molar-refractivity contribution is 0.144. The molecule has 0 atom stereocenters. The summed E-state index contributed by atoms with van der Waals surface area (Å²) >= 11 is 5.67. The van der Waals surface area contributed by atoms with Gasteiger partial charge in [0, 0.05) is 50.7 Å². The first kappa shape index (κ1) is 22.8. The molecule has 2 aromatic heterocycles. The van der Waals surface area contributed by atoms with E-state index in [1.54, 1.807) is 22.8 Å². The number of pyridine rings is 1. The first-order chi connectivity index (χ1) is 15.3. The van der Waals surface area contributed by atoms with Gasteiger partial charge in [-0.15, -0.1) is 0 Å². The normalized spacial score (nSPS) is 15.8. The summed E-state index contributed by atoms with van der Waals surface area (Å²) in [6.07, 6.45) is 3.49. The fourth-order valence-corrected chi connectivity index (χ4v) is 6.00. The molecule has 3 aromatic rings. The predicted octanol–water partition coefficient (Wildman–Crippen LogP) is 3.08. The number of hydrogen-bond donors (Lipinski definition) is 0. The SMILES string of the molecule is CCn1c(-c2ccncc2)nn(CN2CCN(S(=O)(=O)c3ccc(C)cc3C)CC2)c1=S. The third-order valence-corrected chi connectivity index (χ3v) is 8.28. The van der Waals surface area contributed by atoms with Gasteiger partial charge in [0.1, 0.15) is 0 Å². The van der Waals surface area contributed by atoms with Crippen LogP contribution in [-0.4, -0.2) is 63.1 Å². The molecule has 0 spiro atoms. The Hall–Kier alpha value is -2.40. The molecule has 0 unspecified atom stereocenters. The molecule has 0 amide bonds. The zero-order valence-electron chi connectivity index (χ0n) is 18.6. The summed E-state index contributed by atoms with van der Waals surface area (Å²) < 4.78 is 32.4. The number of sulfonamides is 1. The summed E-state index contributed by atoms with van der Waals surface area (Å²) in [5.41, 5.74) is 2.81. The van der Waals surface area contributed by atoms with Crippen LogP contribution < -0.4 is 0 Å². The second kappa shape index (κ2) is 9.22. The van der Waals surface area contributed by atoms with E-state index in [2.05, 4.69) is 9.88 Å². The topological polar surface area (TPSA) is 76.3 Å². The van der Waals surface area contributed by atoms with E-state index in [0.717, 1.165) is 29.1 Å². The van der Waals surface area contributed by atoms with Crippen molar-refractivity contribution < 1.29 is 8.42 Å². The molecule has 8 nitrogen and oxygen atoms in total. The predicted molar refractivity (Wildman–Crippen MR) is 126 cm³/mol. The molecule has 32 heavy (non-hydrogen) atoms. The van der Waals surface area contributed by atoms with Crippen LogP contribution in [0.3, 0.4) is 0 Å². The Morgan fingerprint density at radius 3 is 2.34 bits per heavy atom. The van der Waals surface area contributed by atoms with Crippen molar-refractivity contribution in [1.29, 1.82) is 0 Å². The lowest BCUT2D eigenvalue weighted by Gasteiger charge is -2.34. The maximum Gasteiger partial charge on any atom is 0.243 e. The van der Waals surface area contributed by atoms with E-state index in [9.17, 15) is 8.42 Å². The number of piperazine rings is 1. The second-order valence-electron chi connectivity index (χ2n) is 8.02. The van der Waals surface area contributed by atoms with Gasteiger partial charge in [-0.1, -0.05) is 17.7 Å². The van der Waals surface area contributed by atoms with Crippen LogP contribution in [0.25, 0.3) is 11.4 Å². The Morgan fingerprint density at radius 1 is 1.03 bits per heavy atom. The number of hydrogen-bond acceptors (Lipinski definition) is 6. The van der Waals surface area contributed by atoms with E-state index in [-0.39, 0.29) is 0 Å². The van der Waals surface area contributed by atoms with Crippen LogP contribution in [0.4, 0.5) is 0 Å². The zero-order valence-corrected chi connectivity index (χ0v) is 20.2. The third kappa shape index (κ3) is 4.40. The van der Waals surface area contributed by atoms with E-state index in [1.807, 2.05) is 54.3 Å². The molecule has 0 aliphatic carbocycles. The van der Waals surface area contributed by atoms with Gasteiger partial charge in [0.25, 0.3) is 0 Å². The van der Waals surface area contributed by atoms with Gasteiger partial charge in [-0.2, -0.15) is 9.40 Å². The first-order valence-corrected chi connectivity index (χ1v) is 12.5. The molecule has 0 radical (unpaired) electrons. The van der Waals surface area contributed by atoms with Gasteiger partial charge in [0.05, 0.1) is 11.6 Å². The van der Waals surface area contributed by atoms with Crippen molar-refractivity contribution in [3.63, 3.8) is 0 Å². The maximum atomic E-state index is 13.1. The second-order valence-corrected chi connectivity index (χ2v) is 10.3. The lowest BCUT2D eigenvalue weighted by Crippen LogP contribution is -2.49. The highest BCUT2D eigenvalue weighted by Crippen LogP contribution is 2.23. The Kier molecular flexibility index (Phi) is 6.57. The van der Waals surface area contributed by atoms with Crippen molar-refractivity contribution >= 4 is 22.2 Å². The molecule has 1 saturated heterocycles. The lowest BCUT2D eigenvalue weighted by atomic mass is 10.2. The fraction of sp³-hybridized carbons (Fsp3) is 0.409. The maximum absolute atomic E-state index is 13.1. The van der Waals surface area contributed by atoms with Crippen LogP contribution in [0.2, 0.25) is 0 Å². The molecule has 0 N–H and O–H groups in total. The highest BCUT2D eigenvalue weighted by atomic mass is 32.2. The average Bonchev–Trinajstić information content (AvgIpc) is 3.09. The van der Waals surface area contributed by atoms with Crippen LogP contribution >= 0.6 is 12.2 Å². The highest BCUT2D eigenvalue weighted by molar-refractivity contribution is 7.89. The van der Waals surface area contributed by atoms with Crippen molar-refractivity contribution in [3.05, 3.63) is 58.6 Å². The molecular formula is C22H28N6O2S2. The zero-order chi connectivity index (χ0) is 22.9. The summed E-state index contributed by atoms with van der Waals surface area (Å²) in [7, 11) is -3.50. The average molecular weight is 473 g/mol. The Balaban J connectivity index is 1.48. The monoisotopic (exact) mass is 472 g/mol. The van der Waals surface area contributed by atoms with Crippen LogP contribution in [0.15, 0.2) is 47.6 Å². The molecule has 170 valence electrons. The number of aromatic nitrogens is 4. The summed E-state index contributed by atoms with van der Waals surface area (Å²) in [5.74, 6) is 0.816. The molecule has 1 aromatic carbocycles. The van der Waals surface area contributed by atoms with Crippen molar-refractivity contribution in [3.8, 4) is 11.4 Å². The van der Waals surface area contributed by atoms with Crippen LogP contribution in [0.1, 0.15) is 18.1 Å². The number of nitrogens with zero attached hydrogens (tertiary/aromatic N) is 6. The largest absolute Gasteiger partial charge is 0.300 e. The molecule has 0 saturated carbocycles. The van der Waals surface area contributed by atoms with E-state index in [0.29, 0.717) is 42.5 Å². The van der Waals surface area contributed by atoms with E-state index in [1.165, 1.54) is 0 Å². The first-order valence-electron chi connectivity index (χ1n) is 10.7. The Labute approximate surface area is 194 Å². The van der Waals surface area contributed by atoms with Crippen molar-refractivity contribution in [1.82, 2.24) is 28.5 Å². The molecular weight excluding hydrogens is 444 g/mol. The number of rotatable bonds is 6. The summed E-state index contributed by atoms with van der Waals surface area (Å²) in [4.78, 5) is 6.65. The minimum atomic E-state index is -3.50. The summed E-state index contributed by atoms with van der Waals surface area (Å²) in [6.45, 7) is 9.23. The molecule has 1 fully saturated rings. The highest BCUT2D eigenvalue weighted by Gasteiger charge is 2.30. The van der Waals surface area contributed by atoms with E-state index < -0.39 is 10.0 Å². The minimum Gasteiger partial charge on any atom is -0.300 e. The van der Waals surface area contributed by atoms with Gasteiger partial charge < -0.3 is 4.57 Å². The van der Waals surface area contributed by atoms with Gasteiger partial charge in [-0.05, 0) is 56.8 Å². The summed E-state index contributed by atoms with van der Waals surface area (Å²) in [5, 5.41) is 4.75. The standard InChI is InChI=1S/C22H28N6O2S2/c1-4-27-21(19-7-9-23-10-8-19)24-28(22(27)31)16-25-11-13-26(14-12-25)32(29,30)20-6-5-17(2)15-18(20)3/h5-10,15H,4,11-14,16H2,1-3H3. The summed E-state index contributed by atoms with van der Waals surface area (Å²) in [6, 6.07) is 9.32. The molecule has 1 aliphatic rings. The number of benzene rings is 1. The fourth-order valence-electron chi connectivity index (χ4n) is 4.06. The smallest absolute Gasteiger partial charge is 0.243 e. The van der Waals surface area contributed by atoms with Crippen molar-refractivity contribution in [2.24, 2.45) is 0 Å². The quantitative estimate of drug-likeness (QED) is 0.513. The van der Waals surface area contributed by atoms with Gasteiger partial charge in [-0.25, -0.2) is 13.1 Å². The minimum absolute atomic E-state index is 0.391. The molecule has 0 bridgehead atoms. The molecule has 10 heteroatoms. The van der Waals surface area contributed by atoms with Gasteiger partial charge in [0.15, 0.2) is 10.6 Å². The number of aryl methyl sites for hydroxylation is 2. The van der Waals surface area contributed by atoms with E-state index >= 15 is 0 Å². The molecule has 1 aliphatic heterocycles. The molecule has 3 heterocycles. The van der Waals surface area contributed by atoms with Crippen LogP contribution in [0.5, 0.6) is 0 Å². The van der Waals surface area contributed by atoms with Crippen LogP contribution in [-0.2, 0) is 23.2 Å². The Morgan fingerprint density at radius 2 is 1.72 bits per heavy atom. The van der Waals surface area contributed by atoms with Gasteiger partial charge in [-0.3, -0.25) is 9.88 Å². The third-order valence-electron chi connectivity index (χ3n) is 5.79. The van der Waals surface area contributed by atoms with Crippen LogP contribution in [0, 0.1) is 18.6 Å². The van der Waals surface area contributed by atoms with Gasteiger partial charge >= 0.3 is 0 Å². The van der Waals surface area contributed by atoms with E-state index in [4.69, 9.17) is 17.3 Å². The van der Waals surface area contributed by atoms with Crippen molar-refractivity contribution in [2.45, 2.75) is 38.9 Å².